The first kappa shape index (κ1) is 24.8. The van der Waals surface area contributed by atoms with Gasteiger partial charge in [0.25, 0.3) is 0 Å². The second-order valence-corrected chi connectivity index (χ2v) is 9.38. The van der Waals surface area contributed by atoms with Crippen molar-refractivity contribution in [1.82, 2.24) is 9.62 Å². The summed E-state index contributed by atoms with van der Waals surface area (Å²) in [5, 5.41) is 2.62. The molecule has 1 aromatic carbocycles. The average molecular weight is 455 g/mol. The Kier molecular flexibility index (Phi) is 9.02. The molecule has 0 saturated carbocycles. The smallest absolute Gasteiger partial charge is 0.328 e. The third-order valence-electron chi connectivity index (χ3n) is 4.71. The molecule has 1 aliphatic heterocycles. The third-order valence-corrected chi connectivity index (χ3v) is 6.63. The standard InChI is InChI=1S/C21H30N2O7S/c1-15(2)13-17(21(25)29-4)22-20(24)8-6-16-5-7-18(28-3)19(14-16)31(26,27)23-9-11-30-12-10-23/h5-8,14-15,17H,9-13H2,1-4H3,(H,22,24). The van der Waals surface area contributed by atoms with Gasteiger partial charge >= 0.3 is 5.97 Å². The van der Waals surface area contributed by atoms with Gasteiger partial charge in [0.2, 0.25) is 15.9 Å². The zero-order valence-corrected chi connectivity index (χ0v) is 19.1. The number of nitrogens with one attached hydrogen (secondary N) is 1. The lowest BCUT2D eigenvalue weighted by molar-refractivity contribution is -0.145. The number of sulfonamides is 1. The molecule has 0 spiro atoms. The molecule has 0 aromatic heterocycles. The highest BCUT2D eigenvalue weighted by molar-refractivity contribution is 7.89. The highest BCUT2D eigenvalue weighted by atomic mass is 32.2. The van der Waals surface area contributed by atoms with Crippen LogP contribution in [-0.4, -0.2) is 71.2 Å². The fourth-order valence-corrected chi connectivity index (χ4v) is 4.74. The summed E-state index contributed by atoms with van der Waals surface area (Å²) in [6, 6.07) is 3.89. The summed E-state index contributed by atoms with van der Waals surface area (Å²) in [4.78, 5) is 24.2. The fourth-order valence-electron chi connectivity index (χ4n) is 3.14. The van der Waals surface area contributed by atoms with Gasteiger partial charge in [-0.15, -0.1) is 0 Å². The minimum absolute atomic E-state index is 0.0201. The predicted molar refractivity (Wildman–Crippen MR) is 115 cm³/mol. The van der Waals surface area contributed by atoms with E-state index >= 15 is 0 Å². The maximum absolute atomic E-state index is 13.0. The lowest BCUT2D eigenvalue weighted by Crippen LogP contribution is -2.41. The van der Waals surface area contributed by atoms with E-state index in [1.807, 2.05) is 13.8 Å². The van der Waals surface area contributed by atoms with Crippen LogP contribution >= 0.6 is 0 Å². The van der Waals surface area contributed by atoms with Crippen LogP contribution in [0.15, 0.2) is 29.2 Å². The number of hydrogen-bond donors (Lipinski definition) is 1. The van der Waals surface area contributed by atoms with Crippen LogP contribution < -0.4 is 10.1 Å². The van der Waals surface area contributed by atoms with Crippen molar-refractivity contribution in [3.63, 3.8) is 0 Å². The number of amides is 1. The first-order chi connectivity index (χ1) is 14.7. The molecule has 1 atom stereocenters. The van der Waals surface area contributed by atoms with Crippen molar-refractivity contribution in [1.29, 1.82) is 0 Å². The lowest BCUT2D eigenvalue weighted by atomic mass is 10.0. The van der Waals surface area contributed by atoms with Gasteiger partial charge in [0.15, 0.2) is 0 Å². The molecule has 31 heavy (non-hydrogen) atoms. The van der Waals surface area contributed by atoms with E-state index < -0.39 is 27.9 Å². The molecule has 2 rings (SSSR count). The van der Waals surface area contributed by atoms with E-state index in [2.05, 4.69) is 5.32 Å². The molecule has 1 aliphatic rings. The maximum Gasteiger partial charge on any atom is 0.328 e. The first-order valence-corrected chi connectivity index (χ1v) is 11.5. The van der Waals surface area contributed by atoms with E-state index in [4.69, 9.17) is 14.2 Å². The monoisotopic (exact) mass is 454 g/mol. The van der Waals surface area contributed by atoms with Gasteiger partial charge in [-0.2, -0.15) is 4.31 Å². The number of hydrogen-bond acceptors (Lipinski definition) is 7. The van der Waals surface area contributed by atoms with E-state index in [1.54, 1.807) is 12.1 Å². The summed E-state index contributed by atoms with van der Waals surface area (Å²) < 4.78 is 42.7. The lowest BCUT2D eigenvalue weighted by Gasteiger charge is -2.26. The summed E-state index contributed by atoms with van der Waals surface area (Å²) in [6.07, 6.45) is 3.18. The SMILES string of the molecule is COC(=O)C(CC(C)C)NC(=O)C=Cc1ccc(OC)c(S(=O)(=O)N2CCOCC2)c1. The van der Waals surface area contributed by atoms with Crippen molar-refractivity contribution in [2.45, 2.75) is 31.2 Å². The first-order valence-electron chi connectivity index (χ1n) is 10.0. The van der Waals surface area contributed by atoms with Crippen LogP contribution in [0.3, 0.4) is 0 Å². The quantitative estimate of drug-likeness (QED) is 0.444. The molecular weight excluding hydrogens is 424 g/mol. The molecule has 9 nitrogen and oxygen atoms in total. The van der Waals surface area contributed by atoms with Crippen molar-refractivity contribution in [2.24, 2.45) is 5.92 Å². The van der Waals surface area contributed by atoms with Gasteiger partial charge < -0.3 is 19.5 Å². The number of benzene rings is 1. The average Bonchev–Trinajstić information content (AvgIpc) is 2.76. The van der Waals surface area contributed by atoms with Crippen LogP contribution in [0.2, 0.25) is 0 Å². The predicted octanol–water partition coefficient (Wildman–Crippen LogP) is 1.43. The van der Waals surface area contributed by atoms with Gasteiger partial charge in [-0.3, -0.25) is 4.79 Å². The number of nitrogens with zero attached hydrogens (tertiary/aromatic N) is 1. The van der Waals surface area contributed by atoms with Crippen molar-refractivity contribution < 1.29 is 32.2 Å². The van der Waals surface area contributed by atoms with Crippen LogP contribution in [0.5, 0.6) is 5.75 Å². The van der Waals surface area contributed by atoms with Gasteiger partial charge in [0, 0.05) is 19.2 Å². The second kappa shape index (κ2) is 11.3. The van der Waals surface area contributed by atoms with Crippen LogP contribution in [-0.2, 0) is 29.1 Å². The van der Waals surface area contributed by atoms with Crippen LogP contribution in [0, 0.1) is 5.92 Å². The van der Waals surface area contributed by atoms with Gasteiger partial charge in [-0.05, 0) is 36.1 Å². The minimum atomic E-state index is -3.78. The molecular formula is C21H30N2O7S. The Labute approximate surface area is 183 Å². The Morgan fingerprint density at radius 1 is 1.23 bits per heavy atom. The molecule has 1 unspecified atom stereocenters. The zero-order valence-electron chi connectivity index (χ0n) is 18.3. The summed E-state index contributed by atoms with van der Waals surface area (Å²) in [5.74, 6) is -0.595. The number of rotatable bonds is 9. The van der Waals surface area contributed by atoms with Crippen LogP contribution in [0.4, 0.5) is 0 Å². The molecule has 1 fully saturated rings. The molecule has 0 aliphatic carbocycles. The van der Waals surface area contributed by atoms with Crippen LogP contribution in [0.1, 0.15) is 25.8 Å². The van der Waals surface area contributed by atoms with Crippen molar-refractivity contribution in [3.05, 3.63) is 29.8 Å². The van der Waals surface area contributed by atoms with Crippen molar-refractivity contribution in [3.8, 4) is 5.75 Å². The molecule has 1 N–H and O–H groups in total. The number of carbonyl (C=O) groups is 2. The number of esters is 1. The van der Waals surface area contributed by atoms with Gasteiger partial charge in [0.05, 0.1) is 27.4 Å². The maximum atomic E-state index is 13.0. The second-order valence-electron chi connectivity index (χ2n) is 7.47. The third kappa shape index (κ3) is 6.78. The van der Waals surface area contributed by atoms with Crippen molar-refractivity contribution >= 4 is 28.0 Å². The number of morpholine rings is 1. The summed E-state index contributed by atoms with van der Waals surface area (Å²) in [6.45, 7) is 5.06. The Morgan fingerprint density at radius 3 is 2.48 bits per heavy atom. The molecule has 1 aromatic rings. The largest absolute Gasteiger partial charge is 0.495 e. The molecule has 0 bridgehead atoms. The Morgan fingerprint density at radius 2 is 1.90 bits per heavy atom. The normalized spacial score (nSPS) is 16.3. The van der Waals surface area contributed by atoms with Crippen molar-refractivity contribution in [2.75, 3.05) is 40.5 Å². The fraction of sp³-hybridized carbons (Fsp3) is 0.524. The molecule has 1 amide bonds. The molecule has 10 heteroatoms. The van der Waals surface area contributed by atoms with Crippen LogP contribution in [0.25, 0.3) is 6.08 Å². The van der Waals surface area contributed by atoms with E-state index in [-0.39, 0.29) is 29.7 Å². The molecule has 1 heterocycles. The summed E-state index contributed by atoms with van der Waals surface area (Å²) in [7, 11) is -1.11. The van der Waals surface area contributed by atoms with Gasteiger partial charge in [-0.25, -0.2) is 13.2 Å². The number of methoxy groups -OCH3 is 2. The zero-order chi connectivity index (χ0) is 23.0. The Balaban J connectivity index is 2.21. The topological polar surface area (TPSA) is 111 Å². The molecule has 0 radical (unpaired) electrons. The highest BCUT2D eigenvalue weighted by Gasteiger charge is 2.29. The van der Waals surface area contributed by atoms with E-state index in [9.17, 15) is 18.0 Å². The molecule has 1 saturated heterocycles. The molecule has 172 valence electrons. The number of carbonyl (C=O) groups excluding carboxylic acids is 2. The number of ether oxygens (including phenoxy) is 3. The summed E-state index contributed by atoms with van der Waals surface area (Å²) >= 11 is 0. The Bertz CT molecular complexity index is 906. The van der Waals surface area contributed by atoms with E-state index in [0.29, 0.717) is 25.2 Å². The van der Waals surface area contributed by atoms with E-state index in [0.717, 1.165) is 0 Å². The van der Waals surface area contributed by atoms with Gasteiger partial charge in [-0.1, -0.05) is 19.9 Å². The summed E-state index contributed by atoms with van der Waals surface area (Å²) in [5.41, 5.74) is 0.501. The van der Waals surface area contributed by atoms with E-state index in [1.165, 1.54) is 36.7 Å². The Hall–Kier alpha value is -2.43. The highest BCUT2D eigenvalue weighted by Crippen LogP contribution is 2.28. The minimum Gasteiger partial charge on any atom is -0.495 e. The van der Waals surface area contributed by atoms with Gasteiger partial charge in [0.1, 0.15) is 16.7 Å².